The van der Waals surface area contributed by atoms with Crippen LogP contribution in [-0.4, -0.2) is 35.7 Å². The first-order valence-corrected chi connectivity index (χ1v) is 12.5. The highest BCUT2D eigenvalue weighted by Gasteiger charge is 2.38. The number of carbonyl (C=O) groups is 3. The molecule has 5 heteroatoms. The van der Waals surface area contributed by atoms with Crippen LogP contribution in [0.4, 0.5) is 5.69 Å². The second-order valence-electron chi connectivity index (χ2n) is 9.48. The number of likely N-dealkylation sites (N-methyl/N-ethyl adjacent to an activating group) is 1. The molecule has 0 N–H and O–H groups in total. The molecule has 1 aliphatic heterocycles. The molecular formula is C27H42N2O3. The first kappa shape index (κ1) is 26.1. The van der Waals surface area contributed by atoms with Crippen molar-refractivity contribution >= 4 is 23.4 Å². The maximum absolute atomic E-state index is 13.1. The average Bonchev–Trinajstić information content (AvgIpc) is 2.77. The fourth-order valence-electron chi connectivity index (χ4n) is 4.67. The molecular weight excluding hydrogens is 400 g/mol. The van der Waals surface area contributed by atoms with Gasteiger partial charge in [0.05, 0.1) is 0 Å². The maximum Gasteiger partial charge on any atom is 0.252 e. The van der Waals surface area contributed by atoms with Gasteiger partial charge in [0.1, 0.15) is 6.04 Å². The number of rotatable bonds is 11. The van der Waals surface area contributed by atoms with Crippen LogP contribution in [0.5, 0.6) is 0 Å². The third-order valence-corrected chi connectivity index (χ3v) is 6.96. The van der Waals surface area contributed by atoms with Crippen molar-refractivity contribution in [2.24, 2.45) is 5.92 Å². The number of imide groups is 1. The second-order valence-corrected chi connectivity index (χ2v) is 9.48. The van der Waals surface area contributed by atoms with Gasteiger partial charge in [-0.1, -0.05) is 59.1 Å². The van der Waals surface area contributed by atoms with Crippen LogP contribution >= 0.6 is 0 Å². The van der Waals surface area contributed by atoms with Gasteiger partial charge in [-0.2, -0.15) is 0 Å². The van der Waals surface area contributed by atoms with Gasteiger partial charge in [-0.15, -0.1) is 0 Å². The van der Waals surface area contributed by atoms with Crippen LogP contribution in [0.15, 0.2) is 18.2 Å². The molecule has 1 heterocycles. The Balaban J connectivity index is 2.37. The maximum atomic E-state index is 13.1. The Morgan fingerprint density at radius 3 is 2.44 bits per heavy atom. The molecule has 0 radical (unpaired) electrons. The SMILES string of the molecule is CCCC(=O)N(c1ccc(C(CCC)CCC(C)CC)cc1C)C1CCC(=O)N(C)C1=O. The van der Waals surface area contributed by atoms with Crippen LogP contribution in [0.1, 0.15) is 103 Å². The number of hydrogen-bond acceptors (Lipinski definition) is 3. The van der Waals surface area contributed by atoms with Gasteiger partial charge >= 0.3 is 0 Å². The van der Waals surface area contributed by atoms with E-state index in [4.69, 9.17) is 0 Å². The number of aryl methyl sites for hydroxylation is 1. The summed E-state index contributed by atoms with van der Waals surface area (Å²) in [6.07, 6.45) is 7.67. The molecule has 0 aliphatic carbocycles. The highest BCUT2D eigenvalue weighted by molar-refractivity contribution is 6.07. The van der Waals surface area contributed by atoms with E-state index in [0.717, 1.165) is 36.4 Å². The lowest BCUT2D eigenvalue weighted by Gasteiger charge is -2.37. The lowest BCUT2D eigenvalue weighted by Crippen LogP contribution is -2.55. The molecule has 178 valence electrons. The van der Waals surface area contributed by atoms with Gasteiger partial charge in [0, 0.05) is 25.6 Å². The Kier molecular flexibility index (Phi) is 9.92. The number of hydrogen-bond donors (Lipinski definition) is 0. The van der Waals surface area contributed by atoms with E-state index < -0.39 is 6.04 Å². The van der Waals surface area contributed by atoms with Gasteiger partial charge in [-0.25, -0.2) is 0 Å². The molecule has 0 saturated carbocycles. The van der Waals surface area contributed by atoms with Crippen LogP contribution in [0.2, 0.25) is 0 Å². The Morgan fingerprint density at radius 2 is 1.84 bits per heavy atom. The van der Waals surface area contributed by atoms with Crippen molar-refractivity contribution in [1.82, 2.24) is 4.90 Å². The molecule has 3 atom stereocenters. The summed E-state index contributed by atoms with van der Waals surface area (Å²) in [5.41, 5.74) is 3.14. The van der Waals surface area contributed by atoms with Gasteiger partial charge < -0.3 is 0 Å². The van der Waals surface area contributed by atoms with E-state index in [1.807, 2.05) is 19.9 Å². The van der Waals surface area contributed by atoms with Crippen LogP contribution in [0.3, 0.4) is 0 Å². The van der Waals surface area contributed by atoms with Crippen molar-refractivity contribution < 1.29 is 14.4 Å². The highest BCUT2D eigenvalue weighted by Crippen LogP contribution is 2.34. The zero-order valence-electron chi connectivity index (χ0n) is 20.9. The molecule has 3 amide bonds. The van der Waals surface area contributed by atoms with Crippen molar-refractivity contribution in [3.63, 3.8) is 0 Å². The summed E-state index contributed by atoms with van der Waals surface area (Å²) in [6, 6.07) is 5.76. The topological polar surface area (TPSA) is 57.7 Å². The van der Waals surface area contributed by atoms with Crippen molar-refractivity contribution in [3.05, 3.63) is 29.3 Å². The predicted octanol–water partition coefficient (Wildman–Crippen LogP) is 5.99. The summed E-state index contributed by atoms with van der Waals surface area (Å²) >= 11 is 0. The van der Waals surface area contributed by atoms with Crippen LogP contribution in [0, 0.1) is 12.8 Å². The van der Waals surface area contributed by atoms with E-state index in [1.54, 1.807) is 4.90 Å². The van der Waals surface area contributed by atoms with Gasteiger partial charge in [0.2, 0.25) is 11.8 Å². The quantitative estimate of drug-likeness (QED) is 0.396. The summed E-state index contributed by atoms with van der Waals surface area (Å²) in [4.78, 5) is 40.9. The molecule has 1 fully saturated rings. The van der Waals surface area contributed by atoms with E-state index in [1.165, 1.54) is 36.8 Å². The third kappa shape index (κ3) is 6.20. The normalized spacial score (nSPS) is 18.6. The van der Waals surface area contributed by atoms with Gasteiger partial charge in [-0.05, 0) is 61.6 Å². The Bertz CT molecular complexity index is 804. The molecule has 0 aromatic heterocycles. The first-order valence-electron chi connectivity index (χ1n) is 12.5. The molecule has 3 unspecified atom stereocenters. The zero-order chi connectivity index (χ0) is 23.8. The standard InChI is InChI=1S/C27H42N2O3/c1-7-10-21(13-12-19(4)9-3)22-14-15-23(20(5)18-22)29(26(31)11-8-2)24-16-17-25(30)28(6)27(24)32/h14-15,18-19,21,24H,7-13,16-17H2,1-6H3. The van der Waals surface area contributed by atoms with Crippen molar-refractivity contribution in [2.45, 2.75) is 104 Å². The van der Waals surface area contributed by atoms with Gasteiger partial charge in [0.25, 0.3) is 5.91 Å². The number of benzene rings is 1. The first-order chi connectivity index (χ1) is 15.2. The minimum absolute atomic E-state index is 0.0497. The highest BCUT2D eigenvalue weighted by atomic mass is 16.2. The van der Waals surface area contributed by atoms with E-state index >= 15 is 0 Å². The molecule has 1 aromatic rings. The number of piperidine rings is 1. The lowest BCUT2D eigenvalue weighted by molar-refractivity contribution is -0.148. The van der Waals surface area contributed by atoms with Gasteiger partial charge in [0.15, 0.2) is 0 Å². The fraction of sp³-hybridized carbons (Fsp3) is 0.667. The Labute approximate surface area is 194 Å². The number of amides is 3. The summed E-state index contributed by atoms with van der Waals surface area (Å²) in [6.45, 7) is 10.8. The number of nitrogens with zero attached hydrogens (tertiary/aromatic N) is 2. The smallest absolute Gasteiger partial charge is 0.252 e. The Morgan fingerprint density at radius 1 is 1.12 bits per heavy atom. The average molecular weight is 443 g/mol. The Hall–Kier alpha value is -2.17. The lowest BCUT2D eigenvalue weighted by atomic mass is 9.86. The fourth-order valence-corrected chi connectivity index (χ4v) is 4.67. The molecule has 2 rings (SSSR count). The van der Waals surface area contributed by atoms with Crippen LogP contribution in [-0.2, 0) is 14.4 Å². The molecule has 0 spiro atoms. The molecule has 5 nitrogen and oxygen atoms in total. The summed E-state index contributed by atoms with van der Waals surface area (Å²) < 4.78 is 0. The second kappa shape index (κ2) is 12.2. The van der Waals surface area contributed by atoms with E-state index in [2.05, 4.69) is 32.9 Å². The summed E-state index contributed by atoms with van der Waals surface area (Å²) in [5.74, 6) is 0.735. The minimum Gasteiger partial charge on any atom is -0.300 e. The largest absolute Gasteiger partial charge is 0.300 e. The summed E-state index contributed by atoms with van der Waals surface area (Å²) in [5, 5.41) is 0. The van der Waals surface area contributed by atoms with E-state index in [9.17, 15) is 14.4 Å². The molecule has 1 saturated heterocycles. The summed E-state index contributed by atoms with van der Waals surface area (Å²) in [7, 11) is 1.52. The van der Waals surface area contributed by atoms with Crippen molar-refractivity contribution in [3.8, 4) is 0 Å². The van der Waals surface area contributed by atoms with E-state index in [-0.39, 0.29) is 24.1 Å². The number of likely N-dealkylation sites (tertiary alicyclic amines) is 1. The zero-order valence-corrected chi connectivity index (χ0v) is 20.9. The van der Waals surface area contributed by atoms with Crippen LogP contribution in [0.25, 0.3) is 0 Å². The monoisotopic (exact) mass is 442 g/mol. The predicted molar refractivity (Wildman–Crippen MR) is 131 cm³/mol. The molecule has 0 bridgehead atoms. The molecule has 1 aromatic carbocycles. The number of carbonyl (C=O) groups excluding carboxylic acids is 3. The molecule has 1 aliphatic rings. The van der Waals surface area contributed by atoms with Crippen LogP contribution < -0.4 is 4.90 Å². The molecule has 32 heavy (non-hydrogen) atoms. The number of anilines is 1. The van der Waals surface area contributed by atoms with Crippen molar-refractivity contribution in [1.29, 1.82) is 0 Å². The minimum atomic E-state index is -0.613. The van der Waals surface area contributed by atoms with E-state index in [0.29, 0.717) is 18.8 Å². The third-order valence-electron chi connectivity index (χ3n) is 6.96. The van der Waals surface area contributed by atoms with Gasteiger partial charge in [-0.3, -0.25) is 24.2 Å². The van der Waals surface area contributed by atoms with Crippen molar-refractivity contribution in [2.75, 3.05) is 11.9 Å².